The molecule has 1 fully saturated rings. The third-order valence-electron chi connectivity index (χ3n) is 6.29. The molecule has 0 aromatic carbocycles. The fraction of sp³-hybridized carbons (Fsp3) is 0.565. The minimum Gasteiger partial charge on any atom is -0.379 e. The van der Waals surface area contributed by atoms with Crippen LogP contribution in [-0.2, 0) is 24.1 Å². The second kappa shape index (κ2) is 9.50. The van der Waals surface area contributed by atoms with Gasteiger partial charge in [-0.3, -0.25) is 4.90 Å². The standard InChI is InChI=1S/C23H31N5OS2/c1-27(2)17(19-8-5-13-30-19)14-24-22-21-16-6-3-4-7-18(16)31-23(21)26-20(25-22)15-28-9-11-29-12-10-28/h5,8,13,17H,3-4,6-7,9-12,14-15H2,1-2H3,(H,24,25,26). The number of thiophene rings is 2. The Labute approximate surface area is 192 Å². The molecule has 1 atom stereocenters. The number of nitrogens with zero attached hydrogens (tertiary/aromatic N) is 4. The van der Waals surface area contributed by atoms with Crippen LogP contribution in [0.2, 0.25) is 0 Å². The highest BCUT2D eigenvalue weighted by molar-refractivity contribution is 7.19. The predicted molar refractivity (Wildman–Crippen MR) is 129 cm³/mol. The summed E-state index contributed by atoms with van der Waals surface area (Å²) in [6, 6.07) is 4.68. The number of hydrogen-bond acceptors (Lipinski definition) is 8. The average Bonchev–Trinajstić information content (AvgIpc) is 3.42. The van der Waals surface area contributed by atoms with E-state index >= 15 is 0 Å². The number of aryl methyl sites for hydroxylation is 2. The van der Waals surface area contributed by atoms with Crippen molar-refractivity contribution >= 4 is 38.7 Å². The monoisotopic (exact) mass is 457 g/mol. The first-order valence-corrected chi connectivity index (χ1v) is 12.9. The number of nitrogens with one attached hydrogen (secondary N) is 1. The van der Waals surface area contributed by atoms with Crippen molar-refractivity contribution in [1.29, 1.82) is 0 Å². The number of ether oxygens (including phenoxy) is 1. The van der Waals surface area contributed by atoms with Gasteiger partial charge in [0.2, 0.25) is 0 Å². The fourth-order valence-corrected chi connectivity index (χ4v) is 6.77. The van der Waals surface area contributed by atoms with Crippen molar-refractivity contribution in [2.24, 2.45) is 0 Å². The van der Waals surface area contributed by atoms with E-state index in [4.69, 9.17) is 14.7 Å². The molecule has 0 bridgehead atoms. The Balaban J connectivity index is 1.47. The number of rotatable bonds is 7. The van der Waals surface area contributed by atoms with E-state index in [1.807, 2.05) is 22.7 Å². The summed E-state index contributed by atoms with van der Waals surface area (Å²) in [7, 11) is 4.30. The number of likely N-dealkylation sites (N-methyl/N-ethyl adjacent to an activating group) is 1. The lowest BCUT2D eigenvalue weighted by Crippen LogP contribution is -2.36. The molecule has 166 valence electrons. The molecule has 1 N–H and O–H groups in total. The summed E-state index contributed by atoms with van der Waals surface area (Å²) in [6.45, 7) is 5.12. The summed E-state index contributed by atoms with van der Waals surface area (Å²) >= 11 is 3.70. The highest BCUT2D eigenvalue weighted by Crippen LogP contribution is 2.39. The van der Waals surface area contributed by atoms with Gasteiger partial charge in [-0.05, 0) is 56.8 Å². The van der Waals surface area contributed by atoms with Crippen molar-refractivity contribution in [3.63, 3.8) is 0 Å². The SMILES string of the molecule is CN(C)C(CNc1nc(CN2CCOCC2)nc2sc3c(c12)CCCC3)c1cccs1. The molecule has 5 rings (SSSR count). The van der Waals surface area contributed by atoms with Crippen LogP contribution in [0.4, 0.5) is 5.82 Å². The van der Waals surface area contributed by atoms with E-state index in [2.05, 4.69) is 46.7 Å². The van der Waals surface area contributed by atoms with E-state index in [9.17, 15) is 0 Å². The fourth-order valence-electron chi connectivity index (χ4n) is 4.57. The van der Waals surface area contributed by atoms with Crippen molar-refractivity contribution in [2.45, 2.75) is 38.3 Å². The molecule has 1 unspecified atom stereocenters. The molecule has 2 aliphatic rings. The van der Waals surface area contributed by atoms with Crippen LogP contribution in [0.5, 0.6) is 0 Å². The van der Waals surface area contributed by atoms with Crippen LogP contribution in [0.15, 0.2) is 17.5 Å². The third kappa shape index (κ3) is 4.64. The topological polar surface area (TPSA) is 53.5 Å². The van der Waals surface area contributed by atoms with Gasteiger partial charge in [-0.1, -0.05) is 6.07 Å². The van der Waals surface area contributed by atoms with Crippen molar-refractivity contribution in [2.75, 3.05) is 52.3 Å². The summed E-state index contributed by atoms with van der Waals surface area (Å²) in [6.07, 6.45) is 4.89. The van der Waals surface area contributed by atoms with E-state index < -0.39 is 0 Å². The molecule has 8 heteroatoms. The molecular formula is C23H31N5OS2. The van der Waals surface area contributed by atoms with Gasteiger partial charge in [0.15, 0.2) is 0 Å². The lowest BCUT2D eigenvalue weighted by atomic mass is 9.97. The van der Waals surface area contributed by atoms with Gasteiger partial charge in [-0.25, -0.2) is 9.97 Å². The molecular weight excluding hydrogens is 426 g/mol. The Hall–Kier alpha value is -1.58. The van der Waals surface area contributed by atoms with Crippen LogP contribution < -0.4 is 5.32 Å². The molecule has 0 radical (unpaired) electrons. The van der Waals surface area contributed by atoms with Crippen molar-refractivity contribution in [3.05, 3.63) is 38.7 Å². The largest absolute Gasteiger partial charge is 0.379 e. The Morgan fingerprint density at radius 3 is 2.81 bits per heavy atom. The van der Waals surface area contributed by atoms with E-state index in [1.165, 1.54) is 40.0 Å². The zero-order valence-electron chi connectivity index (χ0n) is 18.4. The number of fused-ring (bicyclic) bond motifs is 3. The molecule has 31 heavy (non-hydrogen) atoms. The van der Waals surface area contributed by atoms with E-state index in [1.54, 1.807) is 0 Å². The van der Waals surface area contributed by atoms with Crippen LogP contribution >= 0.6 is 22.7 Å². The number of hydrogen-bond donors (Lipinski definition) is 1. The third-order valence-corrected chi connectivity index (χ3v) is 8.45. The Morgan fingerprint density at radius 2 is 2.03 bits per heavy atom. The van der Waals surface area contributed by atoms with Gasteiger partial charge >= 0.3 is 0 Å². The van der Waals surface area contributed by atoms with E-state index in [0.717, 1.165) is 62.3 Å². The summed E-state index contributed by atoms with van der Waals surface area (Å²) < 4.78 is 5.51. The molecule has 1 saturated heterocycles. The van der Waals surface area contributed by atoms with Crippen LogP contribution in [0.25, 0.3) is 10.2 Å². The lowest BCUT2D eigenvalue weighted by Gasteiger charge is -2.26. The van der Waals surface area contributed by atoms with Gasteiger partial charge < -0.3 is 15.0 Å². The minimum absolute atomic E-state index is 0.321. The summed E-state index contributed by atoms with van der Waals surface area (Å²) in [4.78, 5) is 18.8. The normalized spacial score (nSPS) is 18.4. The van der Waals surface area contributed by atoms with Crippen LogP contribution in [0.3, 0.4) is 0 Å². The van der Waals surface area contributed by atoms with Gasteiger partial charge in [-0.15, -0.1) is 22.7 Å². The van der Waals surface area contributed by atoms with Crippen molar-refractivity contribution in [1.82, 2.24) is 19.8 Å². The first kappa shape index (κ1) is 21.3. The van der Waals surface area contributed by atoms with E-state index in [0.29, 0.717) is 6.04 Å². The molecule has 6 nitrogen and oxygen atoms in total. The second-order valence-corrected chi connectivity index (χ2v) is 10.7. The van der Waals surface area contributed by atoms with Crippen LogP contribution in [0.1, 0.15) is 40.0 Å². The van der Waals surface area contributed by atoms with Crippen LogP contribution in [0, 0.1) is 0 Å². The number of morpholine rings is 1. The van der Waals surface area contributed by atoms with Gasteiger partial charge in [0.05, 0.1) is 31.2 Å². The Kier molecular flexibility index (Phi) is 6.52. The lowest BCUT2D eigenvalue weighted by molar-refractivity contribution is 0.0331. The number of anilines is 1. The Bertz CT molecular complexity index is 1010. The average molecular weight is 458 g/mol. The molecule has 1 aliphatic heterocycles. The first-order valence-electron chi connectivity index (χ1n) is 11.2. The van der Waals surface area contributed by atoms with Gasteiger partial charge in [0.1, 0.15) is 16.5 Å². The van der Waals surface area contributed by atoms with Crippen molar-refractivity contribution in [3.8, 4) is 0 Å². The molecule has 3 aromatic rings. The van der Waals surface area contributed by atoms with Crippen molar-refractivity contribution < 1.29 is 4.74 Å². The maximum atomic E-state index is 5.51. The molecule has 1 aliphatic carbocycles. The highest BCUT2D eigenvalue weighted by atomic mass is 32.1. The summed E-state index contributed by atoms with van der Waals surface area (Å²) in [5, 5.41) is 7.18. The maximum absolute atomic E-state index is 5.51. The summed E-state index contributed by atoms with van der Waals surface area (Å²) in [5.74, 6) is 1.95. The number of aromatic nitrogens is 2. The molecule has 0 saturated carbocycles. The summed E-state index contributed by atoms with van der Waals surface area (Å²) in [5.41, 5.74) is 1.49. The molecule has 3 aromatic heterocycles. The predicted octanol–water partition coefficient (Wildman–Crippen LogP) is 4.18. The Morgan fingerprint density at radius 1 is 1.19 bits per heavy atom. The van der Waals surface area contributed by atoms with E-state index in [-0.39, 0.29) is 0 Å². The zero-order chi connectivity index (χ0) is 21.2. The maximum Gasteiger partial charge on any atom is 0.146 e. The van der Waals surface area contributed by atoms with Gasteiger partial charge in [-0.2, -0.15) is 0 Å². The second-order valence-electron chi connectivity index (χ2n) is 8.64. The quantitative estimate of drug-likeness (QED) is 0.574. The van der Waals surface area contributed by atoms with Crippen LogP contribution in [-0.4, -0.2) is 66.7 Å². The van der Waals surface area contributed by atoms with Gasteiger partial charge in [0.25, 0.3) is 0 Å². The smallest absolute Gasteiger partial charge is 0.146 e. The first-order chi connectivity index (χ1) is 15.2. The minimum atomic E-state index is 0.321. The molecule has 4 heterocycles. The molecule has 0 amide bonds. The molecule has 0 spiro atoms. The highest BCUT2D eigenvalue weighted by Gasteiger charge is 2.23. The van der Waals surface area contributed by atoms with Gasteiger partial charge in [0, 0.05) is 29.4 Å². The zero-order valence-corrected chi connectivity index (χ0v) is 20.0.